The highest BCUT2D eigenvalue weighted by atomic mass is 16.6. The van der Waals surface area contributed by atoms with E-state index in [0.717, 1.165) is 6.42 Å². The van der Waals surface area contributed by atoms with E-state index >= 15 is 0 Å². The molecule has 0 rings (SSSR count). The Morgan fingerprint density at radius 3 is 2.08 bits per heavy atom. The van der Waals surface area contributed by atoms with Crippen molar-refractivity contribution < 1.29 is 19.1 Å². The molecule has 0 aromatic carbocycles. The lowest BCUT2D eigenvalue weighted by atomic mass is 9.72. The molecule has 0 bridgehead atoms. The lowest BCUT2D eigenvalue weighted by Gasteiger charge is -2.32. The van der Waals surface area contributed by atoms with Gasteiger partial charge in [-0.15, -0.1) is 5.73 Å². The second-order valence-corrected chi connectivity index (χ2v) is 7.25. The summed E-state index contributed by atoms with van der Waals surface area (Å²) in [6.45, 7) is 17.8. The molecule has 0 aromatic rings. The van der Waals surface area contributed by atoms with Gasteiger partial charge in [-0.3, -0.25) is 14.9 Å². The maximum atomic E-state index is 12.7. The summed E-state index contributed by atoms with van der Waals surface area (Å²) in [5.74, 6) is -1.30. The number of amides is 2. The molecule has 0 aromatic heterocycles. The zero-order valence-electron chi connectivity index (χ0n) is 16.4. The van der Waals surface area contributed by atoms with E-state index in [1.165, 1.54) is 6.92 Å². The zero-order chi connectivity index (χ0) is 19.8. The van der Waals surface area contributed by atoms with E-state index in [2.05, 4.69) is 24.2 Å². The first-order chi connectivity index (χ1) is 11.4. The van der Waals surface area contributed by atoms with E-state index in [4.69, 9.17) is 4.74 Å². The second-order valence-electron chi connectivity index (χ2n) is 7.25. The Hall–Kier alpha value is -2.13. The molecular formula is C20H31NO4. The third-order valence-corrected chi connectivity index (χ3v) is 3.93. The minimum absolute atomic E-state index is 0.277. The molecule has 0 spiro atoms. The molecule has 25 heavy (non-hydrogen) atoms. The number of carbonyl (C=O) groups is 3. The maximum Gasteiger partial charge on any atom is 0.333 e. The molecule has 0 heterocycles. The van der Waals surface area contributed by atoms with Gasteiger partial charge in [-0.05, 0) is 52.5 Å². The van der Waals surface area contributed by atoms with E-state index in [1.54, 1.807) is 27.7 Å². The van der Waals surface area contributed by atoms with Gasteiger partial charge in [-0.2, -0.15) is 0 Å². The largest absolute Gasteiger partial charge is 0.457 e. The lowest BCUT2D eigenvalue weighted by Crippen LogP contribution is -2.44. The van der Waals surface area contributed by atoms with Crippen molar-refractivity contribution in [2.75, 3.05) is 0 Å². The van der Waals surface area contributed by atoms with Crippen LogP contribution >= 0.6 is 0 Å². The molecule has 1 atom stereocenters. The standard InChI is InChI=1S/C20H31NO4/c1-9-12-20(15(4)10-2,18(24)21-16(5)22)13-11-14(3)17(23)25-19(6,7)8/h2-3,9,11-13H2,1,4-8H3,(H,21,22,24). The van der Waals surface area contributed by atoms with E-state index < -0.39 is 28.8 Å². The Kier molecular flexibility index (Phi) is 8.58. The first-order valence-corrected chi connectivity index (χ1v) is 8.50. The number of nitrogens with one attached hydrogen (secondary N) is 1. The monoisotopic (exact) mass is 349 g/mol. The third-order valence-electron chi connectivity index (χ3n) is 3.93. The summed E-state index contributed by atoms with van der Waals surface area (Å²) < 4.78 is 5.31. The van der Waals surface area contributed by atoms with Gasteiger partial charge in [0.25, 0.3) is 0 Å². The number of rotatable bonds is 8. The molecule has 0 aliphatic rings. The zero-order valence-corrected chi connectivity index (χ0v) is 16.4. The number of hydrogen-bond donors (Lipinski definition) is 1. The summed E-state index contributed by atoms with van der Waals surface area (Å²) in [7, 11) is 0. The van der Waals surface area contributed by atoms with Crippen molar-refractivity contribution in [2.24, 2.45) is 5.41 Å². The van der Waals surface area contributed by atoms with Crippen LogP contribution in [0.25, 0.3) is 0 Å². The summed E-state index contributed by atoms with van der Waals surface area (Å²) in [5, 5.41) is 2.36. The van der Waals surface area contributed by atoms with Crippen molar-refractivity contribution in [3.05, 3.63) is 30.0 Å². The predicted octanol–water partition coefficient (Wildman–Crippen LogP) is 3.84. The van der Waals surface area contributed by atoms with Gasteiger partial charge in [-0.25, -0.2) is 4.79 Å². The summed E-state index contributed by atoms with van der Waals surface area (Å²) in [5.41, 5.74) is 2.16. The quantitative estimate of drug-likeness (QED) is 0.410. The molecule has 0 aliphatic carbocycles. The average Bonchev–Trinajstić information content (AvgIpc) is 2.47. The molecule has 0 fully saturated rings. The smallest absolute Gasteiger partial charge is 0.333 e. The van der Waals surface area contributed by atoms with Crippen molar-refractivity contribution in [3.8, 4) is 0 Å². The fraction of sp³-hybridized carbons (Fsp3) is 0.600. The highest BCUT2D eigenvalue weighted by molar-refractivity contribution is 5.98. The van der Waals surface area contributed by atoms with Crippen LogP contribution in [0.15, 0.2) is 30.0 Å². The minimum atomic E-state index is -0.951. The molecular weight excluding hydrogens is 318 g/mol. The number of esters is 1. The number of carbonyl (C=O) groups excluding carboxylic acids is 3. The van der Waals surface area contributed by atoms with Gasteiger partial charge in [-0.1, -0.05) is 26.5 Å². The fourth-order valence-electron chi connectivity index (χ4n) is 2.59. The van der Waals surface area contributed by atoms with Crippen LogP contribution in [0.4, 0.5) is 0 Å². The fourth-order valence-corrected chi connectivity index (χ4v) is 2.59. The topological polar surface area (TPSA) is 72.5 Å². The molecule has 0 saturated carbocycles. The van der Waals surface area contributed by atoms with Crippen LogP contribution in [0.1, 0.15) is 67.2 Å². The van der Waals surface area contributed by atoms with E-state index in [9.17, 15) is 14.4 Å². The molecule has 1 unspecified atom stereocenters. The van der Waals surface area contributed by atoms with Crippen LogP contribution in [0.2, 0.25) is 0 Å². The van der Waals surface area contributed by atoms with Gasteiger partial charge in [0.1, 0.15) is 5.60 Å². The van der Waals surface area contributed by atoms with Crippen LogP contribution in [0, 0.1) is 5.41 Å². The van der Waals surface area contributed by atoms with Gasteiger partial charge in [0, 0.05) is 12.5 Å². The molecule has 5 nitrogen and oxygen atoms in total. The SMILES string of the molecule is C=C=C(C)C(CCC)(CCC(=C)C(=O)OC(C)(C)C)C(=O)NC(C)=O. The van der Waals surface area contributed by atoms with Crippen LogP contribution in [0.5, 0.6) is 0 Å². The second kappa shape index (κ2) is 9.38. The van der Waals surface area contributed by atoms with Crippen LogP contribution < -0.4 is 5.32 Å². The van der Waals surface area contributed by atoms with Gasteiger partial charge < -0.3 is 4.74 Å². The van der Waals surface area contributed by atoms with Crippen molar-refractivity contribution in [1.82, 2.24) is 5.32 Å². The van der Waals surface area contributed by atoms with Gasteiger partial charge in [0.2, 0.25) is 11.8 Å². The van der Waals surface area contributed by atoms with Crippen LogP contribution in [-0.2, 0) is 19.1 Å². The van der Waals surface area contributed by atoms with Gasteiger partial charge in [0.15, 0.2) is 0 Å². The Morgan fingerprint density at radius 1 is 1.12 bits per heavy atom. The molecule has 0 radical (unpaired) electrons. The van der Waals surface area contributed by atoms with E-state index in [1.807, 2.05) is 6.92 Å². The predicted molar refractivity (Wildman–Crippen MR) is 98.7 cm³/mol. The molecule has 0 saturated heterocycles. The number of imide groups is 1. The van der Waals surface area contributed by atoms with Gasteiger partial charge in [0.05, 0.1) is 5.41 Å². The normalized spacial score (nSPS) is 13.2. The van der Waals surface area contributed by atoms with Gasteiger partial charge >= 0.3 is 5.97 Å². The first kappa shape index (κ1) is 22.9. The molecule has 5 heteroatoms. The Bertz CT molecular complexity index is 591. The summed E-state index contributed by atoms with van der Waals surface area (Å²) in [6, 6.07) is 0. The number of hydrogen-bond acceptors (Lipinski definition) is 4. The van der Waals surface area contributed by atoms with Crippen LogP contribution in [0.3, 0.4) is 0 Å². The van der Waals surface area contributed by atoms with Crippen LogP contribution in [-0.4, -0.2) is 23.4 Å². The van der Waals surface area contributed by atoms with Crippen molar-refractivity contribution >= 4 is 17.8 Å². The van der Waals surface area contributed by atoms with Crippen molar-refractivity contribution in [2.45, 2.75) is 72.8 Å². The summed E-state index contributed by atoms with van der Waals surface area (Å²) in [6.07, 6.45) is 1.84. The third kappa shape index (κ3) is 7.10. The average molecular weight is 349 g/mol. The minimum Gasteiger partial charge on any atom is -0.457 e. The molecule has 1 N–H and O–H groups in total. The lowest BCUT2D eigenvalue weighted by molar-refractivity contribution is -0.150. The highest BCUT2D eigenvalue weighted by Gasteiger charge is 2.40. The summed E-state index contributed by atoms with van der Waals surface area (Å²) in [4.78, 5) is 36.2. The summed E-state index contributed by atoms with van der Waals surface area (Å²) >= 11 is 0. The Labute approximate surface area is 151 Å². The maximum absolute atomic E-state index is 12.7. The highest BCUT2D eigenvalue weighted by Crippen LogP contribution is 2.38. The Balaban J connectivity index is 5.47. The Morgan fingerprint density at radius 2 is 1.68 bits per heavy atom. The van der Waals surface area contributed by atoms with Crippen molar-refractivity contribution in [1.29, 1.82) is 0 Å². The molecule has 2 amide bonds. The van der Waals surface area contributed by atoms with E-state index in [0.29, 0.717) is 24.0 Å². The molecule has 0 aliphatic heterocycles. The van der Waals surface area contributed by atoms with Crippen molar-refractivity contribution in [3.63, 3.8) is 0 Å². The molecule has 140 valence electrons. The van der Waals surface area contributed by atoms with E-state index in [-0.39, 0.29) is 6.42 Å². The number of ether oxygens (including phenoxy) is 1. The first-order valence-electron chi connectivity index (χ1n) is 8.50.